The summed E-state index contributed by atoms with van der Waals surface area (Å²) >= 11 is 1.84. The molecule has 1 aromatic rings. The number of hydrogen-bond acceptors (Lipinski definition) is 3. The van der Waals surface area contributed by atoms with Gasteiger partial charge in [-0.25, -0.2) is 0 Å². The van der Waals surface area contributed by atoms with Crippen LogP contribution in [-0.4, -0.2) is 28.3 Å². The molecule has 2 aliphatic rings. The van der Waals surface area contributed by atoms with Crippen molar-refractivity contribution in [2.24, 2.45) is 11.8 Å². The third-order valence-electron chi connectivity index (χ3n) is 4.86. The lowest BCUT2D eigenvalue weighted by Crippen LogP contribution is -2.39. The van der Waals surface area contributed by atoms with Crippen molar-refractivity contribution in [2.75, 3.05) is 6.54 Å². The second-order valence-electron chi connectivity index (χ2n) is 6.71. The fourth-order valence-electron chi connectivity index (χ4n) is 3.24. The van der Waals surface area contributed by atoms with E-state index < -0.39 is 5.97 Å². The second-order valence-corrected chi connectivity index (χ2v) is 8.26. The molecule has 23 heavy (non-hydrogen) atoms. The zero-order valence-corrected chi connectivity index (χ0v) is 14.0. The van der Waals surface area contributed by atoms with Crippen LogP contribution >= 0.6 is 11.8 Å². The number of nitrogens with one attached hydrogen (secondary N) is 1. The van der Waals surface area contributed by atoms with Crippen LogP contribution in [0.25, 0.3) is 0 Å². The van der Waals surface area contributed by atoms with Crippen molar-refractivity contribution < 1.29 is 14.7 Å². The van der Waals surface area contributed by atoms with E-state index in [1.807, 2.05) is 30.0 Å². The summed E-state index contributed by atoms with van der Waals surface area (Å²) in [5.41, 5.74) is 0. The third kappa shape index (κ3) is 4.28. The van der Waals surface area contributed by atoms with Crippen LogP contribution in [0.3, 0.4) is 0 Å². The number of benzene rings is 1. The molecule has 0 bridgehead atoms. The quantitative estimate of drug-likeness (QED) is 0.838. The number of carbonyl (C=O) groups excluding carboxylic acids is 1. The lowest BCUT2D eigenvalue weighted by atomic mass is 9.81. The normalized spacial score (nSPS) is 25.6. The number of carboxylic acids is 1. The summed E-state index contributed by atoms with van der Waals surface area (Å²) < 4.78 is 0.137. The molecular weight excluding hydrogens is 310 g/mol. The van der Waals surface area contributed by atoms with Crippen LogP contribution in [-0.2, 0) is 9.59 Å². The lowest BCUT2D eigenvalue weighted by molar-refractivity contribution is -0.144. The number of hydrogen-bond donors (Lipinski definition) is 2. The minimum atomic E-state index is -0.763. The summed E-state index contributed by atoms with van der Waals surface area (Å²) in [6.45, 7) is 0.680. The predicted molar refractivity (Wildman–Crippen MR) is 90.4 cm³/mol. The molecule has 0 aromatic heterocycles. The Morgan fingerprint density at radius 1 is 1.17 bits per heavy atom. The van der Waals surface area contributed by atoms with Crippen LogP contribution in [0, 0.1) is 11.8 Å². The Labute approximate surface area is 141 Å². The molecule has 0 aliphatic heterocycles. The van der Waals surface area contributed by atoms with Gasteiger partial charge in [0.1, 0.15) is 0 Å². The maximum atomic E-state index is 12.4. The van der Waals surface area contributed by atoms with E-state index in [1.54, 1.807) is 0 Å². The Morgan fingerprint density at radius 3 is 2.52 bits per heavy atom. The van der Waals surface area contributed by atoms with Gasteiger partial charge < -0.3 is 10.4 Å². The highest BCUT2D eigenvalue weighted by Gasteiger charge is 2.44. The Kier molecular flexibility index (Phi) is 4.95. The van der Waals surface area contributed by atoms with Gasteiger partial charge in [-0.05, 0) is 44.2 Å². The molecule has 2 atom stereocenters. The van der Waals surface area contributed by atoms with Crippen molar-refractivity contribution in [1.82, 2.24) is 5.32 Å². The molecule has 2 fully saturated rings. The number of thioether (sulfide) groups is 1. The van der Waals surface area contributed by atoms with Gasteiger partial charge >= 0.3 is 5.97 Å². The highest BCUT2D eigenvalue weighted by molar-refractivity contribution is 8.01. The third-order valence-corrected chi connectivity index (χ3v) is 6.36. The van der Waals surface area contributed by atoms with Crippen molar-refractivity contribution in [3.05, 3.63) is 30.3 Å². The maximum absolute atomic E-state index is 12.4. The van der Waals surface area contributed by atoms with Crippen LogP contribution in [0.15, 0.2) is 35.2 Å². The highest BCUT2D eigenvalue weighted by atomic mass is 32.2. The van der Waals surface area contributed by atoms with Crippen molar-refractivity contribution >= 4 is 23.6 Å². The van der Waals surface area contributed by atoms with Crippen molar-refractivity contribution in [2.45, 2.75) is 48.2 Å². The van der Waals surface area contributed by atoms with Crippen molar-refractivity contribution in [1.29, 1.82) is 0 Å². The van der Waals surface area contributed by atoms with Crippen LogP contribution in [0.2, 0.25) is 0 Å². The van der Waals surface area contributed by atoms with E-state index in [4.69, 9.17) is 5.11 Å². The molecule has 2 saturated carbocycles. The molecule has 1 amide bonds. The van der Waals surface area contributed by atoms with E-state index in [0.29, 0.717) is 19.4 Å². The number of aliphatic carboxylic acids is 1. The van der Waals surface area contributed by atoms with Gasteiger partial charge in [-0.2, -0.15) is 0 Å². The Balaban J connectivity index is 1.50. The largest absolute Gasteiger partial charge is 0.481 e. The van der Waals surface area contributed by atoms with Crippen LogP contribution in [0.5, 0.6) is 0 Å². The summed E-state index contributed by atoms with van der Waals surface area (Å²) in [5, 5.41) is 12.2. The maximum Gasteiger partial charge on any atom is 0.306 e. The van der Waals surface area contributed by atoms with Gasteiger partial charge in [0.25, 0.3) is 0 Å². The van der Waals surface area contributed by atoms with Gasteiger partial charge in [-0.1, -0.05) is 24.6 Å². The molecule has 0 heterocycles. The molecule has 3 rings (SSSR count). The zero-order valence-electron chi connectivity index (χ0n) is 13.2. The molecule has 0 spiro atoms. The molecule has 0 saturated heterocycles. The Bertz CT molecular complexity index is 571. The summed E-state index contributed by atoms with van der Waals surface area (Å²) in [6, 6.07) is 10.3. The lowest BCUT2D eigenvalue weighted by Gasteiger charge is -2.26. The minimum Gasteiger partial charge on any atom is -0.481 e. The number of rotatable bonds is 6. The first kappa shape index (κ1) is 16.4. The van der Waals surface area contributed by atoms with Gasteiger partial charge in [0.15, 0.2) is 0 Å². The first-order valence-electron chi connectivity index (χ1n) is 8.33. The van der Waals surface area contributed by atoms with Crippen molar-refractivity contribution in [3.63, 3.8) is 0 Å². The minimum absolute atomic E-state index is 0.0379. The second kappa shape index (κ2) is 6.95. The average Bonchev–Trinajstić information content (AvgIpc) is 3.33. The average molecular weight is 333 g/mol. The number of carbonyl (C=O) groups is 2. The molecule has 0 radical (unpaired) electrons. The molecule has 2 N–H and O–H groups in total. The van der Waals surface area contributed by atoms with Gasteiger partial charge in [-0.3, -0.25) is 9.59 Å². The Hall–Kier alpha value is -1.49. The predicted octanol–water partition coefficient (Wildman–Crippen LogP) is 3.32. The molecule has 5 heteroatoms. The summed E-state index contributed by atoms with van der Waals surface area (Å²) in [4.78, 5) is 24.7. The van der Waals surface area contributed by atoms with Crippen molar-refractivity contribution in [3.8, 4) is 0 Å². The van der Waals surface area contributed by atoms with E-state index in [-0.39, 0.29) is 22.5 Å². The van der Waals surface area contributed by atoms with Gasteiger partial charge in [-0.15, -0.1) is 11.8 Å². The first-order chi connectivity index (χ1) is 11.1. The van der Waals surface area contributed by atoms with E-state index in [0.717, 1.165) is 25.7 Å². The van der Waals surface area contributed by atoms with E-state index >= 15 is 0 Å². The molecule has 124 valence electrons. The van der Waals surface area contributed by atoms with E-state index in [2.05, 4.69) is 17.4 Å². The van der Waals surface area contributed by atoms with Gasteiger partial charge in [0.05, 0.1) is 5.92 Å². The van der Waals surface area contributed by atoms with E-state index in [9.17, 15) is 9.59 Å². The Morgan fingerprint density at radius 2 is 1.87 bits per heavy atom. The number of carboxylic acid groups (broad SMARTS) is 1. The summed E-state index contributed by atoms with van der Waals surface area (Å²) in [7, 11) is 0. The summed E-state index contributed by atoms with van der Waals surface area (Å²) in [5.74, 6) is -1.22. The fourth-order valence-corrected chi connectivity index (χ4v) is 4.48. The highest BCUT2D eigenvalue weighted by Crippen LogP contribution is 2.51. The molecule has 2 unspecified atom stereocenters. The molecule has 2 aliphatic carbocycles. The van der Waals surface area contributed by atoms with Crippen LogP contribution < -0.4 is 5.32 Å². The van der Waals surface area contributed by atoms with Crippen LogP contribution in [0.4, 0.5) is 0 Å². The molecular formula is C18H23NO3S. The molecule has 4 nitrogen and oxygen atoms in total. The van der Waals surface area contributed by atoms with Gasteiger partial charge in [0, 0.05) is 22.1 Å². The van der Waals surface area contributed by atoms with E-state index in [1.165, 1.54) is 4.90 Å². The summed E-state index contributed by atoms with van der Waals surface area (Å²) in [6.07, 6.45) is 5.07. The monoisotopic (exact) mass is 333 g/mol. The fraction of sp³-hybridized carbons (Fsp3) is 0.556. The smallest absolute Gasteiger partial charge is 0.306 e. The topological polar surface area (TPSA) is 66.4 Å². The van der Waals surface area contributed by atoms with Crippen LogP contribution in [0.1, 0.15) is 38.5 Å². The SMILES string of the molecule is O=C(O)C1CCCC(C(=O)NCC2(Sc3ccccc3)CC2)C1. The zero-order chi connectivity index (χ0) is 16.3. The van der Waals surface area contributed by atoms with Gasteiger partial charge in [0.2, 0.25) is 5.91 Å². The first-order valence-corrected chi connectivity index (χ1v) is 9.14. The number of amides is 1. The standard InChI is InChI=1S/C18H23NO3S/c20-16(13-5-4-6-14(11-13)17(21)22)19-12-18(9-10-18)23-15-7-2-1-3-8-15/h1-3,7-8,13-14H,4-6,9-12H2,(H,19,20)(H,21,22). The molecule has 1 aromatic carbocycles.